The first-order valence-electron chi connectivity index (χ1n) is 7.28. The first-order valence-corrected chi connectivity index (χ1v) is 7.28. The Labute approximate surface area is 108 Å². The van der Waals surface area contributed by atoms with Crippen LogP contribution in [0.25, 0.3) is 0 Å². The van der Waals surface area contributed by atoms with Crippen molar-refractivity contribution in [2.24, 2.45) is 5.92 Å². The number of hydrogen-bond donors (Lipinski definition) is 0. The summed E-state index contributed by atoms with van der Waals surface area (Å²) in [6.45, 7) is 13.0. The zero-order valence-corrected chi connectivity index (χ0v) is 12.6. The number of fused-ring (bicyclic) bond motifs is 1. The predicted octanol–water partition coefficient (Wildman–Crippen LogP) is 5.81. The molecule has 0 amide bonds. The Morgan fingerprint density at radius 1 is 1.00 bits per heavy atom. The molecule has 2 rings (SSSR count). The van der Waals surface area contributed by atoms with Crippen LogP contribution < -0.4 is 0 Å². The first-order chi connectivity index (χ1) is 8.20. The van der Waals surface area contributed by atoms with Crippen molar-refractivity contribution in [1.29, 1.82) is 0 Å². The van der Waals surface area contributed by atoms with Gasteiger partial charge in [0, 0.05) is 0 Å². The fourth-order valence-electron chi connectivity index (χ4n) is 1.99. The molecule has 0 heterocycles. The van der Waals surface area contributed by atoms with E-state index in [9.17, 15) is 0 Å². The minimum atomic E-state index is 0.770. The maximum atomic E-state index is 2.34. The summed E-state index contributed by atoms with van der Waals surface area (Å²) >= 11 is 0. The summed E-state index contributed by atoms with van der Waals surface area (Å²) in [5, 5.41) is 0. The number of hydrogen-bond acceptors (Lipinski definition) is 0. The third kappa shape index (κ3) is 4.93. The molecule has 0 radical (unpaired) electrons. The normalized spacial score (nSPS) is 20.6. The lowest BCUT2D eigenvalue weighted by Crippen LogP contribution is -1.97. The van der Waals surface area contributed by atoms with Gasteiger partial charge in [0.1, 0.15) is 0 Å². The average molecular weight is 234 g/mol. The molecule has 0 aromatic heterocycles. The monoisotopic (exact) mass is 234 g/mol. The van der Waals surface area contributed by atoms with Crippen LogP contribution in [0.3, 0.4) is 0 Å². The first kappa shape index (κ1) is 16.2. The number of benzene rings is 1. The highest BCUT2D eigenvalue weighted by Crippen LogP contribution is 2.36. The van der Waals surface area contributed by atoms with Gasteiger partial charge in [-0.2, -0.15) is 0 Å². The van der Waals surface area contributed by atoms with E-state index in [2.05, 4.69) is 52.0 Å². The molecule has 0 bridgehead atoms. The summed E-state index contributed by atoms with van der Waals surface area (Å²) in [6, 6.07) is 8.82. The Bertz CT molecular complexity index is 286. The largest absolute Gasteiger partial charge is 0.0683 e. The van der Waals surface area contributed by atoms with E-state index in [0.717, 1.165) is 11.8 Å². The van der Waals surface area contributed by atoms with Gasteiger partial charge in [-0.25, -0.2) is 0 Å². The van der Waals surface area contributed by atoms with Crippen molar-refractivity contribution in [1.82, 2.24) is 0 Å². The van der Waals surface area contributed by atoms with Crippen LogP contribution in [0.1, 0.15) is 71.4 Å². The molecule has 17 heavy (non-hydrogen) atoms. The molecule has 1 aliphatic carbocycles. The maximum Gasteiger partial charge on any atom is -0.0159 e. The molecule has 0 N–H and O–H groups in total. The minimum Gasteiger partial charge on any atom is -0.0683 e. The highest BCUT2D eigenvalue weighted by atomic mass is 14.3. The molecule has 0 fully saturated rings. The Balaban J connectivity index is 0.000000368. The van der Waals surface area contributed by atoms with E-state index in [4.69, 9.17) is 0 Å². The van der Waals surface area contributed by atoms with Gasteiger partial charge in [0.2, 0.25) is 0 Å². The van der Waals surface area contributed by atoms with Gasteiger partial charge < -0.3 is 0 Å². The highest BCUT2D eigenvalue weighted by molar-refractivity contribution is 5.35. The standard InChI is InChI=1S/C11H14.C4H10.C2H6/c1-8-7-10-5-3-4-6-11(10)9(8)2;1-3-4-2;1-2/h3-6,8-9H,7H2,1-2H3;3-4H2,1-2H3;1-2H3. The lowest BCUT2D eigenvalue weighted by molar-refractivity contribution is 0.532. The van der Waals surface area contributed by atoms with E-state index in [1.807, 2.05) is 13.8 Å². The lowest BCUT2D eigenvalue weighted by Gasteiger charge is -2.08. The van der Waals surface area contributed by atoms with Gasteiger partial charge in [-0.05, 0) is 29.4 Å². The van der Waals surface area contributed by atoms with E-state index in [1.165, 1.54) is 19.3 Å². The topological polar surface area (TPSA) is 0 Å². The van der Waals surface area contributed by atoms with Crippen LogP contribution in [0.15, 0.2) is 24.3 Å². The van der Waals surface area contributed by atoms with Crippen molar-refractivity contribution in [2.45, 2.75) is 66.7 Å². The Kier molecular flexibility index (Phi) is 8.85. The summed E-state index contributed by atoms with van der Waals surface area (Å²) in [4.78, 5) is 0. The van der Waals surface area contributed by atoms with Crippen LogP contribution in [-0.4, -0.2) is 0 Å². The predicted molar refractivity (Wildman–Crippen MR) is 79.7 cm³/mol. The molecule has 2 unspecified atom stereocenters. The lowest BCUT2D eigenvalue weighted by atomic mass is 9.97. The molecule has 98 valence electrons. The number of unbranched alkanes of at least 4 members (excludes halogenated alkanes) is 1. The molecule has 0 nitrogen and oxygen atoms in total. The third-order valence-electron chi connectivity index (χ3n) is 3.44. The van der Waals surface area contributed by atoms with Gasteiger partial charge in [-0.3, -0.25) is 0 Å². The van der Waals surface area contributed by atoms with E-state index < -0.39 is 0 Å². The zero-order chi connectivity index (χ0) is 13.3. The summed E-state index contributed by atoms with van der Waals surface area (Å²) in [5.74, 6) is 1.61. The molecule has 0 spiro atoms. The van der Waals surface area contributed by atoms with E-state index in [0.29, 0.717) is 0 Å². The van der Waals surface area contributed by atoms with Gasteiger partial charge >= 0.3 is 0 Å². The zero-order valence-electron chi connectivity index (χ0n) is 12.6. The molecular weight excluding hydrogens is 204 g/mol. The van der Waals surface area contributed by atoms with Crippen molar-refractivity contribution in [3.05, 3.63) is 35.4 Å². The average Bonchev–Trinajstić information content (AvgIpc) is 2.68. The molecule has 0 saturated carbocycles. The fraction of sp³-hybridized carbons (Fsp3) is 0.647. The quantitative estimate of drug-likeness (QED) is 0.575. The van der Waals surface area contributed by atoms with Crippen LogP contribution in [-0.2, 0) is 6.42 Å². The second kappa shape index (κ2) is 9.27. The summed E-state index contributed by atoms with van der Waals surface area (Å²) in [6.07, 6.45) is 3.91. The van der Waals surface area contributed by atoms with Crippen LogP contribution in [0.5, 0.6) is 0 Å². The van der Waals surface area contributed by atoms with Crippen LogP contribution >= 0.6 is 0 Å². The van der Waals surface area contributed by atoms with Gasteiger partial charge in [0.05, 0.1) is 0 Å². The van der Waals surface area contributed by atoms with Gasteiger partial charge in [0.15, 0.2) is 0 Å². The molecule has 0 heteroatoms. The second-order valence-corrected chi connectivity index (χ2v) is 4.67. The Morgan fingerprint density at radius 2 is 1.53 bits per heavy atom. The SMILES string of the molecule is CC.CC1Cc2ccccc2C1C.CCCC. The van der Waals surface area contributed by atoms with Gasteiger partial charge in [-0.1, -0.05) is 78.6 Å². The number of rotatable bonds is 1. The van der Waals surface area contributed by atoms with Crippen LogP contribution in [0.4, 0.5) is 0 Å². The molecule has 0 aliphatic heterocycles. The molecule has 2 atom stereocenters. The van der Waals surface area contributed by atoms with Crippen molar-refractivity contribution in [3.63, 3.8) is 0 Å². The summed E-state index contributed by atoms with van der Waals surface area (Å²) < 4.78 is 0. The second-order valence-electron chi connectivity index (χ2n) is 4.67. The van der Waals surface area contributed by atoms with Crippen molar-refractivity contribution >= 4 is 0 Å². The van der Waals surface area contributed by atoms with Crippen LogP contribution in [0.2, 0.25) is 0 Å². The molecule has 1 aliphatic rings. The van der Waals surface area contributed by atoms with E-state index in [1.54, 1.807) is 11.1 Å². The van der Waals surface area contributed by atoms with Crippen molar-refractivity contribution in [2.75, 3.05) is 0 Å². The smallest absolute Gasteiger partial charge is 0.0159 e. The summed E-state index contributed by atoms with van der Waals surface area (Å²) in [7, 11) is 0. The maximum absolute atomic E-state index is 2.34. The molecule has 1 aromatic carbocycles. The molecule has 1 aromatic rings. The van der Waals surface area contributed by atoms with Crippen molar-refractivity contribution < 1.29 is 0 Å². The third-order valence-corrected chi connectivity index (χ3v) is 3.44. The minimum absolute atomic E-state index is 0.770. The molecular formula is C17H30. The van der Waals surface area contributed by atoms with Gasteiger partial charge in [0.25, 0.3) is 0 Å². The Morgan fingerprint density at radius 3 is 2.00 bits per heavy atom. The van der Waals surface area contributed by atoms with E-state index >= 15 is 0 Å². The summed E-state index contributed by atoms with van der Waals surface area (Å²) in [5.41, 5.74) is 3.13. The van der Waals surface area contributed by atoms with E-state index in [-0.39, 0.29) is 0 Å². The highest BCUT2D eigenvalue weighted by Gasteiger charge is 2.24. The fourth-order valence-corrected chi connectivity index (χ4v) is 1.99. The molecule has 0 saturated heterocycles. The Hall–Kier alpha value is -0.780. The van der Waals surface area contributed by atoms with Gasteiger partial charge in [-0.15, -0.1) is 0 Å². The van der Waals surface area contributed by atoms with Crippen LogP contribution in [0, 0.1) is 5.92 Å². The van der Waals surface area contributed by atoms with Crippen molar-refractivity contribution in [3.8, 4) is 0 Å².